The van der Waals surface area contributed by atoms with E-state index >= 15 is 0 Å². The van der Waals surface area contributed by atoms with Gasteiger partial charge in [-0.3, -0.25) is 9.59 Å². The lowest BCUT2D eigenvalue weighted by atomic mass is 10.1. The van der Waals surface area contributed by atoms with Gasteiger partial charge in [0.25, 0.3) is 0 Å². The Morgan fingerprint density at radius 1 is 0.652 bits per heavy atom. The zero-order valence-corrected chi connectivity index (χ0v) is 15.3. The van der Waals surface area contributed by atoms with Gasteiger partial charge < -0.3 is 10.1 Å². The van der Waals surface area contributed by atoms with Crippen LogP contribution in [-0.2, 0) is 14.3 Å². The Balaban J connectivity index is 3.35. The molecular weight excluding hydrogens is 290 g/mol. The van der Waals surface area contributed by atoms with Gasteiger partial charge in [-0.05, 0) is 38.8 Å². The summed E-state index contributed by atoms with van der Waals surface area (Å²) in [6, 6.07) is 0. The molecule has 0 unspecified atom stereocenters. The summed E-state index contributed by atoms with van der Waals surface area (Å²) in [6.07, 6.45) is 12.8. The summed E-state index contributed by atoms with van der Waals surface area (Å²) in [4.78, 5) is 23.1. The van der Waals surface area contributed by atoms with Crippen LogP contribution < -0.4 is 5.32 Å². The van der Waals surface area contributed by atoms with E-state index in [2.05, 4.69) is 19.2 Å². The summed E-state index contributed by atoms with van der Waals surface area (Å²) in [6.45, 7) is 6.45. The highest BCUT2D eigenvalue weighted by Crippen LogP contribution is 2.08. The van der Waals surface area contributed by atoms with E-state index in [-0.39, 0.29) is 11.9 Å². The second-order valence-electron chi connectivity index (χ2n) is 6.28. The molecule has 23 heavy (non-hydrogen) atoms. The lowest BCUT2D eigenvalue weighted by Crippen LogP contribution is -2.16. The number of carbonyl (C=O) groups is 2. The second-order valence-corrected chi connectivity index (χ2v) is 6.28. The maximum absolute atomic E-state index is 11.5. The van der Waals surface area contributed by atoms with Crippen molar-refractivity contribution in [1.29, 1.82) is 0 Å². The van der Waals surface area contributed by atoms with Crippen LogP contribution in [0.5, 0.6) is 0 Å². The highest BCUT2D eigenvalue weighted by molar-refractivity contribution is 5.85. The molecule has 0 heterocycles. The maximum Gasteiger partial charge on any atom is 0.313 e. The molecule has 0 amide bonds. The van der Waals surface area contributed by atoms with Gasteiger partial charge in [0.2, 0.25) is 0 Å². The molecule has 0 aromatic carbocycles. The Morgan fingerprint density at radius 2 is 1.13 bits per heavy atom. The Bertz CT molecular complexity index is 292. The van der Waals surface area contributed by atoms with Crippen LogP contribution in [0.3, 0.4) is 0 Å². The average Bonchev–Trinajstić information content (AvgIpc) is 2.53. The number of hydrogen-bond donors (Lipinski definition) is 1. The van der Waals surface area contributed by atoms with Gasteiger partial charge in [0, 0.05) is 12.8 Å². The molecule has 0 rings (SSSR count). The van der Waals surface area contributed by atoms with Crippen LogP contribution in [0.2, 0.25) is 0 Å². The highest BCUT2D eigenvalue weighted by atomic mass is 16.6. The number of rotatable bonds is 16. The van der Waals surface area contributed by atoms with E-state index in [1.807, 2.05) is 0 Å². The van der Waals surface area contributed by atoms with Crippen molar-refractivity contribution in [1.82, 2.24) is 5.32 Å². The number of hydrogen-bond acceptors (Lipinski definition) is 4. The monoisotopic (exact) mass is 327 g/mol. The predicted octanol–water partition coefficient (Wildman–Crippen LogP) is 4.76. The fraction of sp³-hybridized carbons (Fsp3) is 0.895. The highest BCUT2D eigenvalue weighted by Gasteiger charge is 2.09. The molecule has 4 heteroatoms. The Morgan fingerprint density at radius 3 is 1.74 bits per heavy atom. The third-order valence-corrected chi connectivity index (χ3v) is 3.90. The Hall–Kier alpha value is -0.900. The van der Waals surface area contributed by atoms with Gasteiger partial charge in [-0.1, -0.05) is 58.8 Å². The zero-order valence-electron chi connectivity index (χ0n) is 15.3. The molecule has 0 aliphatic rings. The second kappa shape index (κ2) is 17.5. The summed E-state index contributed by atoms with van der Waals surface area (Å²) in [5.74, 6) is -0.716. The summed E-state index contributed by atoms with van der Waals surface area (Å²) < 4.78 is 4.84. The minimum atomic E-state index is -0.361. The lowest BCUT2D eigenvalue weighted by Gasteiger charge is -2.05. The minimum Gasteiger partial charge on any atom is -0.393 e. The molecule has 136 valence electrons. The first kappa shape index (κ1) is 22.1. The van der Waals surface area contributed by atoms with Gasteiger partial charge in [0.1, 0.15) is 0 Å². The summed E-state index contributed by atoms with van der Waals surface area (Å²) in [5, 5.41) is 3.38. The Kier molecular flexibility index (Phi) is 16.8. The van der Waals surface area contributed by atoms with Crippen molar-refractivity contribution in [2.75, 3.05) is 13.1 Å². The van der Waals surface area contributed by atoms with Crippen LogP contribution in [0.1, 0.15) is 97.3 Å². The maximum atomic E-state index is 11.5. The first-order chi connectivity index (χ1) is 11.2. The molecule has 0 radical (unpaired) electrons. The van der Waals surface area contributed by atoms with Crippen LogP contribution in [0, 0.1) is 0 Å². The molecule has 0 aromatic rings. The van der Waals surface area contributed by atoms with Gasteiger partial charge in [0.15, 0.2) is 0 Å². The van der Waals surface area contributed by atoms with Crippen molar-refractivity contribution in [3.05, 3.63) is 0 Å². The lowest BCUT2D eigenvalue weighted by molar-refractivity contribution is -0.159. The molecule has 0 aliphatic carbocycles. The smallest absolute Gasteiger partial charge is 0.313 e. The summed E-state index contributed by atoms with van der Waals surface area (Å²) in [5.41, 5.74) is 0. The van der Waals surface area contributed by atoms with Crippen molar-refractivity contribution < 1.29 is 14.3 Å². The normalized spacial score (nSPS) is 10.7. The molecule has 1 N–H and O–H groups in total. The van der Waals surface area contributed by atoms with Gasteiger partial charge in [0.05, 0.1) is 0 Å². The van der Waals surface area contributed by atoms with Gasteiger partial charge in [-0.15, -0.1) is 0 Å². The van der Waals surface area contributed by atoms with E-state index in [0.29, 0.717) is 12.8 Å². The SMILES string of the molecule is CCCCCCCCC(=O)OC(=O)CCCCCNCCCC. The molecule has 0 saturated heterocycles. The van der Waals surface area contributed by atoms with E-state index in [4.69, 9.17) is 4.74 Å². The van der Waals surface area contributed by atoms with Crippen LogP contribution in [0.15, 0.2) is 0 Å². The molecule has 0 fully saturated rings. The topological polar surface area (TPSA) is 55.4 Å². The largest absolute Gasteiger partial charge is 0.393 e. The fourth-order valence-electron chi connectivity index (χ4n) is 2.40. The molecule has 0 aromatic heterocycles. The van der Waals surface area contributed by atoms with Crippen LogP contribution in [0.4, 0.5) is 0 Å². The first-order valence-electron chi connectivity index (χ1n) is 9.64. The van der Waals surface area contributed by atoms with Crippen LogP contribution >= 0.6 is 0 Å². The fourth-order valence-corrected chi connectivity index (χ4v) is 2.40. The molecule has 4 nitrogen and oxygen atoms in total. The van der Waals surface area contributed by atoms with E-state index in [9.17, 15) is 9.59 Å². The quantitative estimate of drug-likeness (QED) is 0.252. The number of unbranched alkanes of at least 4 members (excludes halogenated alkanes) is 8. The minimum absolute atomic E-state index is 0.355. The van der Waals surface area contributed by atoms with E-state index < -0.39 is 0 Å². The van der Waals surface area contributed by atoms with E-state index in [1.165, 1.54) is 38.5 Å². The molecular formula is C19H37NO3. The van der Waals surface area contributed by atoms with E-state index in [1.54, 1.807) is 0 Å². The number of carbonyl (C=O) groups excluding carboxylic acids is 2. The standard InChI is InChI=1S/C19H37NO3/c1-3-5-7-8-9-11-14-18(21)23-19(22)15-12-10-13-17-20-16-6-4-2/h20H,3-17H2,1-2H3. The zero-order chi connectivity index (χ0) is 17.2. The molecule has 0 aliphatic heterocycles. The molecule has 0 saturated carbocycles. The number of esters is 2. The van der Waals surface area contributed by atoms with Crippen molar-refractivity contribution in [3.8, 4) is 0 Å². The molecule has 0 atom stereocenters. The van der Waals surface area contributed by atoms with Gasteiger partial charge in [-0.25, -0.2) is 0 Å². The van der Waals surface area contributed by atoms with Crippen molar-refractivity contribution in [2.45, 2.75) is 97.3 Å². The third kappa shape index (κ3) is 17.3. The first-order valence-corrected chi connectivity index (χ1v) is 9.64. The van der Waals surface area contributed by atoms with Crippen molar-refractivity contribution in [3.63, 3.8) is 0 Å². The van der Waals surface area contributed by atoms with E-state index in [0.717, 1.165) is 45.2 Å². The van der Waals surface area contributed by atoms with Crippen LogP contribution in [-0.4, -0.2) is 25.0 Å². The molecule has 0 bridgehead atoms. The summed E-state index contributed by atoms with van der Waals surface area (Å²) in [7, 11) is 0. The van der Waals surface area contributed by atoms with Crippen molar-refractivity contribution in [2.24, 2.45) is 0 Å². The Labute approximate surface area is 142 Å². The molecule has 0 spiro atoms. The average molecular weight is 328 g/mol. The number of ether oxygens (including phenoxy) is 1. The van der Waals surface area contributed by atoms with Crippen LogP contribution in [0.25, 0.3) is 0 Å². The third-order valence-electron chi connectivity index (χ3n) is 3.90. The van der Waals surface area contributed by atoms with Gasteiger partial charge in [-0.2, -0.15) is 0 Å². The van der Waals surface area contributed by atoms with Crippen molar-refractivity contribution >= 4 is 11.9 Å². The predicted molar refractivity (Wildman–Crippen MR) is 95.3 cm³/mol. The summed E-state index contributed by atoms with van der Waals surface area (Å²) >= 11 is 0. The number of nitrogens with one attached hydrogen (secondary N) is 1. The van der Waals surface area contributed by atoms with Gasteiger partial charge >= 0.3 is 11.9 Å².